The molecule has 1 aromatic carbocycles. The molecule has 0 saturated heterocycles. The van der Waals surface area contributed by atoms with Gasteiger partial charge < -0.3 is 4.98 Å². The lowest BCUT2D eigenvalue weighted by atomic mass is 9.96. The highest BCUT2D eigenvalue weighted by Gasteiger charge is 2.36. The summed E-state index contributed by atoms with van der Waals surface area (Å²) in [6.07, 6.45) is 8.40. The first-order valence-corrected chi connectivity index (χ1v) is 11.3. The Balaban J connectivity index is 1.74. The molecule has 2 saturated carbocycles. The van der Waals surface area contributed by atoms with Crippen molar-refractivity contribution in [1.82, 2.24) is 4.98 Å². The first-order valence-electron chi connectivity index (χ1n) is 9.40. The van der Waals surface area contributed by atoms with E-state index in [0.29, 0.717) is 16.5 Å². The van der Waals surface area contributed by atoms with Gasteiger partial charge in [-0.25, -0.2) is 8.42 Å². The van der Waals surface area contributed by atoms with Crippen molar-refractivity contribution in [2.75, 3.05) is 0 Å². The van der Waals surface area contributed by atoms with E-state index >= 15 is 0 Å². The Morgan fingerprint density at radius 2 is 1.67 bits per heavy atom. The summed E-state index contributed by atoms with van der Waals surface area (Å²) in [6.45, 7) is 0. The van der Waals surface area contributed by atoms with Crippen LogP contribution in [0.1, 0.15) is 49.8 Å². The van der Waals surface area contributed by atoms with Crippen LogP contribution in [0.3, 0.4) is 0 Å². The number of pyridine rings is 1. The zero-order chi connectivity index (χ0) is 19.0. The van der Waals surface area contributed by atoms with E-state index in [1.54, 1.807) is 24.3 Å². The topological polar surface area (TPSA) is 67.0 Å². The first kappa shape index (κ1) is 18.5. The number of hydrogen-bond donors (Lipinski definition) is 1. The number of aromatic nitrogens is 1. The fraction of sp³-hybridized carbons (Fsp3) is 0.381. The molecule has 2 aliphatic rings. The minimum Gasteiger partial charge on any atom is -0.321 e. The van der Waals surface area contributed by atoms with E-state index in [9.17, 15) is 13.2 Å². The first-order chi connectivity index (χ1) is 12.9. The lowest BCUT2D eigenvalue weighted by molar-refractivity contribution is 0.595. The van der Waals surface area contributed by atoms with E-state index in [1.165, 1.54) is 12.8 Å². The second-order valence-corrected chi connectivity index (χ2v) is 10.1. The molecule has 2 aliphatic carbocycles. The Kier molecular flexibility index (Phi) is 4.99. The molecule has 6 heteroatoms. The molecule has 0 radical (unpaired) electrons. The number of sulfone groups is 1. The van der Waals surface area contributed by atoms with Gasteiger partial charge in [0.2, 0.25) is 0 Å². The van der Waals surface area contributed by atoms with Gasteiger partial charge >= 0.3 is 0 Å². The van der Waals surface area contributed by atoms with Gasteiger partial charge in [-0.2, -0.15) is 0 Å². The van der Waals surface area contributed by atoms with Gasteiger partial charge in [0.05, 0.1) is 10.1 Å². The monoisotopic (exact) mass is 403 g/mol. The zero-order valence-electron chi connectivity index (χ0n) is 14.9. The number of H-pyrrole nitrogens is 1. The minimum atomic E-state index is -3.20. The molecule has 2 fully saturated rings. The van der Waals surface area contributed by atoms with Crippen molar-refractivity contribution in [1.29, 1.82) is 0 Å². The molecule has 0 spiro atoms. The Labute approximate surface area is 164 Å². The van der Waals surface area contributed by atoms with Crippen LogP contribution >= 0.6 is 11.6 Å². The van der Waals surface area contributed by atoms with Crippen molar-refractivity contribution in [3.05, 3.63) is 69.1 Å². The molecule has 1 heterocycles. The molecule has 0 bridgehead atoms. The maximum Gasteiger partial charge on any atom is 0.267 e. The van der Waals surface area contributed by atoms with Crippen LogP contribution in [0.4, 0.5) is 0 Å². The molecule has 4 nitrogen and oxygen atoms in total. The van der Waals surface area contributed by atoms with E-state index in [-0.39, 0.29) is 15.8 Å². The number of nitrogens with one attached hydrogen (secondary N) is 1. The standard InChI is InChI=1S/C21H22ClNO3S/c22-19-11-12-20(23-21(19)24)18(13-14-3-1-2-4-14)15-5-7-16(8-6-15)27(25,26)17-9-10-17/h5-8,11-14,17H,1-4,9-10H2,(H,23,24)/b18-13+. The average molecular weight is 404 g/mol. The lowest BCUT2D eigenvalue weighted by Crippen LogP contribution is -2.10. The zero-order valence-corrected chi connectivity index (χ0v) is 16.5. The smallest absolute Gasteiger partial charge is 0.267 e. The summed E-state index contributed by atoms with van der Waals surface area (Å²) in [6, 6.07) is 10.4. The largest absolute Gasteiger partial charge is 0.321 e. The van der Waals surface area contributed by atoms with Crippen molar-refractivity contribution in [2.45, 2.75) is 48.7 Å². The number of benzene rings is 1. The van der Waals surface area contributed by atoms with E-state index in [0.717, 1.165) is 36.8 Å². The Hall–Kier alpha value is -1.85. The van der Waals surface area contributed by atoms with Gasteiger partial charge in [0, 0.05) is 11.3 Å². The molecule has 2 aromatic rings. The summed E-state index contributed by atoms with van der Waals surface area (Å²) >= 11 is 5.88. The van der Waals surface area contributed by atoms with E-state index in [4.69, 9.17) is 11.6 Å². The fourth-order valence-corrected chi connectivity index (χ4v) is 5.48. The molecule has 0 aliphatic heterocycles. The van der Waals surface area contributed by atoms with Crippen LogP contribution in [0, 0.1) is 5.92 Å². The second-order valence-electron chi connectivity index (χ2n) is 7.44. The number of hydrogen-bond acceptors (Lipinski definition) is 3. The Bertz CT molecular complexity index is 1030. The molecular formula is C21H22ClNO3S. The summed E-state index contributed by atoms with van der Waals surface area (Å²) in [5, 5.41) is -0.0608. The maximum atomic E-state index is 12.4. The number of rotatable bonds is 5. The number of halogens is 1. The van der Waals surface area contributed by atoms with E-state index in [2.05, 4.69) is 11.1 Å². The predicted molar refractivity (Wildman–Crippen MR) is 108 cm³/mol. The molecule has 1 N–H and O–H groups in total. The van der Waals surface area contributed by atoms with Crippen LogP contribution in [-0.4, -0.2) is 18.7 Å². The van der Waals surface area contributed by atoms with Crippen LogP contribution < -0.4 is 5.56 Å². The number of allylic oxidation sites excluding steroid dienone is 1. The third kappa shape index (κ3) is 3.90. The van der Waals surface area contributed by atoms with E-state index < -0.39 is 9.84 Å². The van der Waals surface area contributed by atoms with Crippen molar-refractivity contribution in [2.24, 2.45) is 5.92 Å². The fourth-order valence-electron chi connectivity index (χ4n) is 3.71. The normalized spacial score (nSPS) is 18.8. The third-order valence-corrected chi connectivity index (χ3v) is 7.99. The molecule has 0 unspecified atom stereocenters. The van der Waals surface area contributed by atoms with Gasteiger partial charge in [0.1, 0.15) is 5.02 Å². The number of aromatic amines is 1. The van der Waals surface area contributed by atoms with Gasteiger partial charge in [-0.3, -0.25) is 4.79 Å². The van der Waals surface area contributed by atoms with Gasteiger partial charge in [-0.05, 0) is 61.4 Å². The minimum absolute atomic E-state index is 0.157. The van der Waals surface area contributed by atoms with Crippen LogP contribution in [0.5, 0.6) is 0 Å². The summed E-state index contributed by atoms with van der Waals surface area (Å²) in [7, 11) is -3.20. The predicted octanol–water partition coefficient (Wildman–Crippen LogP) is 4.59. The Morgan fingerprint density at radius 1 is 1.00 bits per heavy atom. The van der Waals surface area contributed by atoms with Crippen molar-refractivity contribution >= 4 is 27.0 Å². The highest BCUT2D eigenvalue weighted by Crippen LogP contribution is 2.35. The third-order valence-electron chi connectivity index (χ3n) is 5.41. The average Bonchev–Trinajstić information content (AvgIpc) is 3.41. The van der Waals surface area contributed by atoms with Gasteiger partial charge in [0.15, 0.2) is 9.84 Å². The highest BCUT2D eigenvalue weighted by atomic mass is 35.5. The summed E-state index contributed by atoms with van der Waals surface area (Å²) < 4.78 is 24.9. The lowest BCUT2D eigenvalue weighted by Gasteiger charge is -2.13. The highest BCUT2D eigenvalue weighted by molar-refractivity contribution is 7.92. The van der Waals surface area contributed by atoms with Gasteiger partial charge in [0.25, 0.3) is 5.56 Å². The Morgan fingerprint density at radius 3 is 2.26 bits per heavy atom. The van der Waals surface area contributed by atoms with Crippen molar-refractivity contribution in [3.8, 4) is 0 Å². The molecular weight excluding hydrogens is 382 g/mol. The molecule has 0 atom stereocenters. The summed E-state index contributed by atoms with van der Waals surface area (Å²) in [5.74, 6) is 0.467. The van der Waals surface area contributed by atoms with Crippen LogP contribution in [0.15, 0.2) is 52.2 Å². The molecule has 142 valence electrons. The maximum absolute atomic E-state index is 12.4. The summed E-state index contributed by atoms with van der Waals surface area (Å²) in [5.41, 5.74) is 2.20. The second kappa shape index (κ2) is 7.28. The molecule has 0 amide bonds. The van der Waals surface area contributed by atoms with Crippen LogP contribution in [0.2, 0.25) is 5.02 Å². The molecule has 4 rings (SSSR count). The van der Waals surface area contributed by atoms with E-state index in [1.807, 2.05) is 12.1 Å². The van der Waals surface area contributed by atoms with Crippen LogP contribution in [-0.2, 0) is 9.84 Å². The van der Waals surface area contributed by atoms with Gasteiger partial charge in [-0.1, -0.05) is 42.7 Å². The van der Waals surface area contributed by atoms with Gasteiger partial charge in [-0.15, -0.1) is 0 Å². The molecule has 27 heavy (non-hydrogen) atoms. The quantitative estimate of drug-likeness (QED) is 0.794. The molecule has 1 aromatic heterocycles. The van der Waals surface area contributed by atoms with Crippen molar-refractivity contribution < 1.29 is 8.42 Å². The van der Waals surface area contributed by atoms with Crippen molar-refractivity contribution in [3.63, 3.8) is 0 Å². The summed E-state index contributed by atoms with van der Waals surface area (Å²) in [4.78, 5) is 15.2. The van der Waals surface area contributed by atoms with Crippen LogP contribution in [0.25, 0.3) is 5.57 Å². The SMILES string of the molecule is O=c1[nH]c(/C(=C/C2CCCC2)c2ccc(S(=O)(=O)C3CC3)cc2)ccc1Cl.